The van der Waals surface area contributed by atoms with E-state index < -0.39 is 6.10 Å². The number of rotatable bonds is 8. The Hall–Kier alpha value is -3.66. The zero-order valence-electron chi connectivity index (χ0n) is 21.5. The summed E-state index contributed by atoms with van der Waals surface area (Å²) in [7, 11) is 0. The molecule has 1 saturated heterocycles. The molecule has 38 heavy (non-hydrogen) atoms. The number of aliphatic hydroxyl groups excluding tert-OH is 1. The molecule has 1 fully saturated rings. The lowest BCUT2D eigenvalue weighted by Gasteiger charge is -2.40. The van der Waals surface area contributed by atoms with Gasteiger partial charge in [-0.1, -0.05) is 18.2 Å². The van der Waals surface area contributed by atoms with Crippen molar-refractivity contribution in [3.05, 3.63) is 77.8 Å². The number of anilines is 1. The van der Waals surface area contributed by atoms with Crippen molar-refractivity contribution in [2.45, 2.75) is 26.0 Å². The number of thiazole rings is 1. The summed E-state index contributed by atoms with van der Waals surface area (Å²) < 4.78 is 12.8. The summed E-state index contributed by atoms with van der Waals surface area (Å²) in [4.78, 5) is 21.4. The smallest absolute Gasteiger partial charge is 0.321 e. The van der Waals surface area contributed by atoms with E-state index in [4.69, 9.17) is 9.47 Å². The maximum atomic E-state index is 12.9. The van der Waals surface area contributed by atoms with Gasteiger partial charge in [-0.25, -0.2) is 9.78 Å². The van der Waals surface area contributed by atoms with Crippen LogP contribution in [0.15, 0.2) is 72.8 Å². The highest BCUT2D eigenvalue weighted by atomic mass is 32.1. The van der Waals surface area contributed by atoms with Gasteiger partial charge in [-0.3, -0.25) is 4.90 Å². The van der Waals surface area contributed by atoms with Crippen molar-refractivity contribution in [1.29, 1.82) is 0 Å². The van der Waals surface area contributed by atoms with Crippen molar-refractivity contribution < 1.29 is 19.4 Å². The summed E-state index contributed by atoms with van der Waals surface area (Å²) in [5.74, 6) is 2.17. The predicted octanol–water partition coefficient (Wildman–Crippen LogP) is 5.37. The minimum Gasteiger partial charge on any atom is -0.491 e. The Labute approximate surface area is 226 Å². The number of aryl methyl sites for hydroxylation is 1. The van der Waals surface area contributed by atoms with Crippen molar-refractivity contribution in [3.8, 4) is 17.2 Å². The van der Waals surface area contributed by atoms with Gasteiger partial charge in [0.2, 0.25) is 0 Å². The normalized spacial score (nSPS) is 16.8. The van der Waals surface area contributed by atoms with Crippen LogP contribution in [0.2, 0.25) is 0 Å². The number of nitrogens with one attached hydrogen (secondary N) is 1. The van der Waals surface area contributed by atoms with Gasteiger partial charge in [0.25, 0.3) is 0 Å². The summed E-state index contributed by atoms with van der Waals surface area (Å²) in [5.41, 5.74) is 1.63. The number of aliphatic hydroxyl groups is 1. The molecule has 5 rings (SSSR count). The minimum absolute atomic E-state index is 0.111. The highest BCUT2D eigenvalue weighted by molar-refractivity contribution is 7.18. The third-order valence-corrected chi connectivity index (χ3v) is 7.44. The monoisotopic (exact) mass is 532 g/mol. The highest BCUT2D eigenvalue weighted by Crippen LogP contribution is 2.26. The molecule has 1 aliphatic rings. The van der Waals surface area contributed by atoms with Crippen LogP contribution in [0.1, 0.15) is 11.9 Å². The number of carbonyl (C=O) groups is 1. The van der Waals surface area contributed by atoms with Gasteiger partial charge >= 0.3 is 6.03 Å². The molecule has 0 spiro atoms. The van der Waals surface area contributed by atoms with Gasteiger partial charge in [0.1, 0.15) is 30.0 Å². The van der Waals surface area contributed by atoms with Crippen molar-refractivity contribution >= 4 is 33.3 Å². The molecule has 2 atom stereocenters. The molecule has 1 aromatic heterocycles. The van der Waals surface area contributed by atoms with E-state index in [1.165, 1.54) is 0 Å². The van der Waals surface area contributed by atoms with E-state index in [2.05, 4.69) is 22.1 Å². The molecule has 198 valence electrons. The Morgan fingerprint density at radius 1 is 1.08 bits per heavy atom. The van der Waals surface area contributed by atoms with E-state index in [0.717, 1.165) is 21.0 Å². The molecule has 8 nitrogen and oxygen atoms in total. The molecule has 3 aromatic carbocycles. The number of carbonyl (C=O) groups excluding carboxylic acids is 1. The van der Waals surface area contributed by atoms with E-state index >= 15 is 0 Å². The second-order valence-corrected chi connectivity index (χ2v) is 10.7. The van der Waals surface area contributed by atoms with E-state index in [1.54, 1.807) is 11.3 Å². The average molecular weight is 533 g/mol. The maximum Gasteiger partial charge on any atom is 0.321 e. The first-order chi connectivity index (χ1) is 18.4. The zero-order chi connectivity index (χ0) is 26.5. The van der Waals surface area contributed by atoms with Gasteiger partial charge in [0.15, 0.2) is 0 Å². The number of benzene rings is 3. The van der Waals surface area contributed by atoms with Crippen molar-refractivity contribution in [1.82, 2.24) is 14.8 Å². The molecule has 9 heteroatoms. The lowest BCUT2D eigenvalue weighted by molar-refractivity contribution is 0.0307. The first kappa shape index (κ1) is 26.0. The van der Waals surface area contributed by atoms with E-state index in [1.807, 2.05) is 84.6 Å². The molecule has 0 unspecified atom stereocenters. The number of amides is 2. The van der Waals surface area contributed by atoms with Crippen molar-refractivity contribution in [2.75, 3.05) is 38.1 Å². The summed E-state index contributed by atoms with van der Waals surface area (Å²) in [6, 6.07) is 22.7. The zero-order valence-corrected chi connectivity index (χ0v) is 22.4. The summed E-state index contributed by atoms with van der Waals surface area (Å²) in [6.07, 6.45) is -0.637. The molecular weight excluding hydrogens is 500 g/mol. The first-order valence-electron chi connectivity index (χ1n) is 12.7. The van der Waals surface area contributed by atoms with Crippen LogP contribution in [0.5, 0.6) is 17.2 Å². The van der Waals surface area contributed by atoms with Gasteiger partial charge in [0.05, 0.1) is 15.2 Å². The van der Waals surface area contributed by atoms with Gasteiger partial charge in [0, 0.05) is 44.0 Å². The Bertz CT molecular complexity index is 1360. The topological polar surface area (TPSA) is 87.2 Å². The first-order valence-corrected chi connectivity index (χ1v) is 13.6. The van der Waals surface area contributed by atoms with Crippen molar-refractivity contribution in [2.24, 2.45) is 0 Å². The van der Waals surface area contributed by atoms with Crippen LogP contribution in [0.4, 0.5) is 10.5 Å². The number of ether oxygens (including phenoxy) is 2. The molecule has 2 N–H and O–H groups in total. The summed E-state index contributed by atoms with van der Waals surface area (Å²) in [5, 5.41) is 14.6. The fourth-order valence-electron chi connectivity index (χ4n) is 4.51. The highest BCUT2D eigenvalue weighted by Gasteiger charge is 2.28. The van der Waals surface area contributed by atoms with E-state index in [-0.39, 0.29) is 18.7 Å². The van der Waals surface area contributed by atoms with Crippen molar-refractivity contribution in [3.63, 3.8) is 0 Å². The van der Waals surface area contributed by atoms with Crippen LogP contribution in [0.25, 0.3) is 10.2 Å². The van der Waals surface area contributed by atoms with Gasteiger partial charge in [-0.2, -0.15) is 0 Å². The lowest BCUT2D eigenvalue weighted by atomic mass is 10.1. The number of aromatic nitrogens is 1. The number of nitrogens with zero attached hydrogens (tertiary/aromatic N) is 3. The van der Waals surface area contributed by atoms with Gasteiger partial charge in [-0.15, -0.1) is 11.3 Å². The fourth-order valence-corrected chi connectivity index (χ4v) is 5.32. The van der Waals surface area contributed by atoms with Crippen LogP contribution in [-0.4, -0.2) is 70.9 Å². The molecule has 2 amide bonds. The van der Waals surface area contributed by atoms with Crippen LogP contribution < -0.4 is 14.8 Å². The summed E-state index contributed by atoms with van der Waals surface area (Å²) >= 11 is 1.65. The van der Waals surface area contributed by atoms with Crippen LogP contribution in [0.3, 0.4) is 0 Å². The number of piperazine rings is 1. The van der Waals surface area contributed by atoms with E-state index in [9.17, 15) is 9.90 Å². The van der Waals surface area contributed by atoms with Crippen LogP contribution >= 0.6 is 11.3 Å². The Morgan fingerprint density at radius 3 is 2.58 bits per heavy atom. The van der Waals surface area contributed by atoms with Crippen LogP contribution in [0, 0.1) is 6.92 Å². The molecule has 0 aliphatic carbocycles. The Kier molecular flexibility index (Phi) is 8.07. The third-order valence-electron chi connectivity index (χ3n) is 6.49. The van der Waals surface area contributed by atoms with Gasteiger partial charge < -0.3 is 24.8 Å². The number of hydrogen-bond acceptors (Lipinski definition) is 7. The Morgan fingerprint density at radius 2 is 1.82 bits per heavy atom. The SMILES string of the molecule is Cc1nc2cc(OC[C@H](O)CN3CCN(C(=O)Nc4ccc(Oc5ccccc5)cc4)C[C@@H]3C)ccc2s1. The molecular formula is C29H32N4O4S. The Balaban J connectivity index is 1.06. The molecule has 0 radical (unpaired) electrons. The average Bonchev–Trinajstić information content (AvgIpc) is 3.29. The lowest BCUT2D eigenvalue weighted by Crippen LogP contribution is -2.56. The number of fused-ring (bicyclic) bond motifs is 1. The standard InChI is InChI=1S/C29H32N4O4S/c1-20-17-33(29(35)31-22-8-10-25(11-9-22)37-24-6-4-3-5-7-24)15-14-32(20)18-23(34)19-36-26-12-13-28-27(16-26)30-21(2)38-28/h3-13,16,20,23,34H,14-15,17-19H2,1-2H3,(H,31,35)/t20-,23+/m0/s1. The predicted molar refractivity (Wildman–Crippen MR) is 150 cm³/mol. The summed E-state index contributed by atoms with van der Waals surface area (Å²) in [6.45, 7) is 6.58. The molecule has 1 aliphatic heterocycles. The number of β-amino-alcohol motifs (C(OH)–C–C–N with tert-alkyl or cyclic N) is 1. The van der Waals surface area contributed by atoms with Gasteiger partial charge in [-0.05, 0) is 62.4 Å². The number of hydrogen-bond donors (Lipinski definition) is 2. The third kappa shape index (κ3) is 6.61. The fraction of sp³-hybridized carbons (Fsp3) is 0.310. The number of para-hydroxylation sites is 1. The molecule has 2 heterocycles. The molecule has 4 aromatic rings. The largest absolute Gasteiger partial charge is 0.491 e. The maximum absolute atomic E-state index is 12.9. The minimum atomic E-state index is -0.637. The molecule has 0 bridgehead atoms. The molecule has 0 saturated carbocycles. The second kappa shape index (κ2) is 11.8. The quantitative estimate of drug-likeness (QED) is 0.317. The van der Waals surface area contributed by atoms with Crippen LogP contribution in [-0.2, 0) is 0 Å². The van der Waals surface area contributed by atoms with E-state index in [0.29, 0.717) is 43.4 Å². The number of urea groups is 1. The second-order valence-electron chi connectivity index (χ2n) is 9.49.